The van der Waals surface area contributed by atoms with Crippen molar-refractivity contribution >= 4 is 0 Å². The molecule has 0 saturated heterocycles. The molecule has 6 heteroatoms. The highest BCUT2D eigenvalue weighted by molar-refractivity contribution is 5.36. The standard InChI is InChI=1S/C15H24F2N2O2/c1-11(2)19(8-9-20-3)13(10-18)12-6-4-5-7-14(12)21-15(16)17/h4-7,11,13,15H,8-10,18H2,1-3H3. The van der Waals surface area contributed by atoms with E-state index in [1.54, 1.807) is 31.4 Å². The average molecular weight is 302 g/mol. The zero-order chi connectivity index (χ0) is 15.8. The third-order valence-electron chi connectivity index (χ3n) is 3.33. The van der Waals surface area contributed by atoms with E-state index in [1.807, 2.05) is 13.8 Å². The van der Waals surface area contributed by atoms with Crippen LogP contribution in [0.5, 0.6) is 5.75 Å². The lowest BCUT2D eigenvalue weighted by Gasteiger charge is -2.35. The number of alkyl halides is 2. The van der Waals surface area contributed by atoms with Crippen molar-refractivity contribution in [3.8, 4) is 5.75 Å². The van der Waals surface area contributed by atoms with Crippen LogP contribution in [0.4, 0.5) is 8.78 Å². The van der Waals surface area contributed by atoms with E-state index in [9.17, 15) is 8.78 Å². The van der Waals surface area contributed by atoms with Gasteiger partial charge in [0.25, 0.3) is 0 Å². The van der Waals surface area contributed by atoms with Crippen LogP contribution in [0.2, 0.25) is 0 Å². The summed E-state index contributed by atoms with van der Waals surface area (Å²) < 4.78 is 34.8. The fraction of sp³-hybridized carbons (Fsp3) is 0.600. The highest BCUT2D eigenvalue weighted by Crippen LogP contribution is 2.30. The number of ether oxygens (including phenoxy) is 2. The van der Waals surface area contributed by atoms with Crippen LogP contribution in [-0.4, -0.2) is 44.4 Å². The zero-order valence-electron chi connectivity index (χ0n) is 12.8. The number of benzene rings is 1. The van der Waals surface area contributed by atoms with Gasteiger partial charge in [-0.05, 0) is 19.9 Å². The van der Waals surface area contributed by atoms with Crippen molar-refractivity contribution < 1.29 is 18.3 Å². The summed E-state index contributed by atoms with van der Waals surface area (Å²) in [5.74, 6) is 0.172. The van der Waals surface area contributed by atoms with Crippen LogP contribution in [0.1, 0.15) is 25.5 Å². The van der Waals surface area contributed by atoms with E-state index < -0.39 is 6.61 Å². The second-order valence-electron chi connectivity index (χ2n) is 4.99. The Morgan fingerprint density at radius 2 is 1.90 bits per heavy atom. The molecule has 0 aliphatic carbocycles. The van der Waals surface area contributed by atoms with Crippen LogP contribution >= 0.6 is 0 Å². The molecule has 0 bridgehead atoms. The van der Waals surface area contributed by atoms with Gasteiger partial charge in [0.05, 0.1) is 12.6 Å². The monoisotopic (exact) mass is 302 g/mol. The molecule has 1 aromatic rings. The van der Waals surface area contributed by atoms with Crippen LogP contribution in [0.3, 0.4) is 0 Å². The number of nitrogens with two attached hydrogens (primary N) is 1. The smallest absolute Gasteiger partial charge is 0.387 e. The van der Waals surface area contributed by atoms with Gasteiger partial charge in [-0.25, -0.2) is 0 Å². The Hall–Kier alpha value is -1.24. The number of halogens is 2. The van der Waals surface area contributed by atoms with Gasteiger partial charge in [-0.15, -0.1) is 0 Å². The van der Waals surface area contributed by atoms with Crippen LogP contribution < -0.4 is 10.5 Å². The third kappa shape index (κ3) is 5.22. The predicted octanol–water partition coefficient (Wildman–Crippen LogP) is 2.64. The van der Waals surface area contributed by atoms with Crippen molar-refractivity contribution in [2.75, 3.05) is 26.8 Å². The van der Waals surface area contributed by atoms with E-state index in [2.05, 4.69) is 9.64 Å². The molecule has 1 aromatic carbocycles. The van der Waals surface area contributed by atoms with Crippen molar-refractivity contribution in [2.24, 2.45) is 5.73 Å². The second kappa shape index (κ2) is 8.92. The largest absolute Gasteiger partial charge is 0.434 e. The van der Waals surface area contributed by atoms with Gasteiger partial charge in [0.15, 0.2) is 0 Å². The molecule has 0 fully saturated rings. The first-order valence-corrected chi connectivity index (χ1v) is 6.99. The highest BCUT2D eigenvalue weighted by atomic mass is 19.3. The molecule has 4 nitrogen and oxygen atoms in total. The highest BCUT2D eigenvalue weighted by Gasteiger charge is 2.25. The Kier molecular flexibility index (Phi) is 7.56. The lowest BCUT2D eigenvalue weighted by atomic mass is 10.0. The molecule has 21 heavy (non-hydrogen) atoms. The summed E-state index contributed by atoms with van der Waals surface area (Å²) in [6.45, 7) is 2.75. The van der Waals surface area contributed by atoms with Gasteiger partial charge in [-0.1, -0.05) is 18.2 Å². The summed E-state index contributed by atoms with van der Waals surface area (Å²) in [6, 6.07) is 6.79. The van der Waals surface area contributed by atoms with E-state index in [-0.39, 0.29) is 17.8 Å². The number of rotatable bonds is 9. The summed E-state index contributed by atoms with van der Waals surface area (Å²) in [5.41, 5.74) is 6.56. The number of methoxy groups -OCH3 is 1. The molecule has 0 amide bonds. The summed E-state index contributed by atoms with van der Waals surface area (Å²) >= 11 is 0. The number of nitrogens with zero attached hydrogens (tertiary/aromatic N) is 1. The minimum Gasteiger partial charge on any atom is -0.434 e. The molecule has 0 aliphatic rings. The fourth-order valence-corrected chi connectivity index (χ4v) is 2.37. The summed E-state index contributed by atoms with van der Waals surface area (Å²) in [6.07, 6.45) is 0. The van der Waals surface area contributed by atoms with Gasteiger partial charge in [0, 0.05) is 31.8 Å². The van der Waals surface area contributed by atoms with Crippen molar-refractivity contribution in [3.63, 3.8) is 0 Å². The molecule has 0 saturated carbocycles. The van der Waals surface area contributed by atoms with E-state index in [1.165, 1.54) is 0 Å². The van der Waals surface area contributed by atoms with Gasteiger partial charge >= 0.3 is 6.61 Å². The molecule has 0 heterocycles. The zero-order valence-corrected chi connectivity index (χ0v) is 12.8. The molecule has 0 spiro atoms. The number of hydrogen-bond acceptors (Lipinski definition) is 4. The second-order valence-corrected chi connectivity index (χ2v) is 4.99. The van der Waals surface area contributed by atoms with E-state index in [0.717, 1.165) is 0 Å². The quantitative estimate of drug-likeness (QED) is 0.762. The van der Waals surface area contributed by atoms with E-state index in [4.69, 9.17) is 10.5 Å². The molecule has 0 radical (unpaired) electrons. The molecule has 1 unspecified atom stereocenters. The van der Waals surface area contributed by atoms with Crippen LogP contribution in [0.15, 0.2) is 24.3 Å². The van der Waals surface area contributed by atoms with E-state index >= 15 is 0 Å². The van der Waals surface area contributed by atoms with Gasteiger partial charge in [0.2, 0.25) is 0 Å². The summed E-state index contributed by atoms with van der Waals surface area (Å²) in [7, 11) is 1.63. The van der Waals surface area contributed by atoms with E-state index in [0.29, 0.717) is 25.3 Å². The molecule has 0 aliphatic heterocycles. The number of para-hydroxylation sites is 1. The lowest BCUT2D eigenvalue weighted by Crippen LogP contribution is -2.40. The Balaban J connectivity index is 3.06. The van der Waals surface area contributed by atoms with Crippen molar-refractivity contribution in [1.82, 2.24) is 4.90 Å². The Bertz CT molecular complexity index is 416. The molecular formula is C15H24F2N2O2. The minimum absolute atomic E-state index is 0.172. The third-order valence-corrected chi connectivity index (χ3v) is 3.33. The van der Waals surface area contributed by atoms with Gasteiger partial charge in [-0.3, -0.25) is 4.90 Å². The maximum absolute atomic E-state index is 12.5. The predicted molar refractivity (Wildman–Crippen MR) is 78.6 cm³/mol. The first kappa shape index (κ1) is 17.8. The van der Waals surface area contributed by atoms with Crippen LogP contribution in [0, 0.1) is 0 Å². The summed E-state index contributed by atoms with van der Waals surface area (Å²) in [4.78, 5) is 2.12. The van der Waals surface area contributed by atoms with Crippen LogP contribution in [-0.2, 0) is 4.74 Å². The fourth-order valence-electron chi connectivity index (χ4n) is 2.37. The number of hydrogen-bond donors (Lipinski definition) is 1. The molecule has 2 N–H and O–H groups in total. The first-order valence-electron chi connectivity index (χ1n) is 6.99. The van der Waals surface area contributed by atoms with Gasteiger partial charge < -0.3 is 15.2 Å². The SMILES string of the molecule is COCCN(C(C)C)C(CN)c1ccccc1OC(F)F. The molecule has 0 aromatic heterocycles. The van der Waals surface area contributed by atoms with Crippen LogP contribution in [0.25, 0.3) is 0 Å². The Morgan fingerprint density at radius 3 is 2.43 bits per heavy atom. The maximum atomic E-state index is 12.5. The molecule has 120 valence electrons. The molecule has 1 atom stereocenters. The van der Waals surface area contributed by atoms with Gasteiger partial charge in [-0.2, -0.15) is 8.78 Å². The first-order chi connectivity index (χ1) is 10.0. The Morgan fingerprint density at radius 1 is 1.24 bits per heavy atom. The molecular weight excluding hydrogens is 278 g/mol. The average Bonchev–Trinajstić information content (AvgIpc) is 2.43. The van der Waals surface area contributed by atoms with Crippen molar-refractivity contribution in [1.29, 1.82) is 0 Å². The van der Waals surface area contributed by atoms with Gasteiger partial charge in [0.1, 0.15) is 5.75 Å². The molecule has 1 rings (SSSR count). The Labute approximate surface area is 124 Å². The minimum atomic E-state index is -2.85. The van der Waals surface area contributed by atoms with Crippen molar-refractivity contribution in [2.45, 2.75) is 32.5 Å². The topological polar surface area (TPSA) is 47.7 Å². The lowest BCUT2D eigenvalue weighted by molar-refractivity contribution is -0.0513. The maximum Gasteiger partial charge on any atom is 0.387 e. The summed E-state index contributed by atoms with van der Waals surface area (Å²) in [5, 5.41) is 0. The van der Waals surface area contributed by atoms with Crippen molar-refractivity contribution in [3.05, 3.63) is 29.8 Å². The normalized spacial score (nSPS) is 13.2.